The standard InChI is InChI=1S/C22H34N4O6/c1-25(2)16-5-3-15(4-6-16)22(30)24-14-18-21(29)20(28)17(32-18)13-19(27)23-7-8-26-9-11-31-12-10-26/h3-6,17-18,20-21,28-29H,7-14H2,1-2H3,(H,23,27)(H,24,30). The molecule has 0 aliphatic carbocycles. The number of anilines is 1. The summed E-state index contributed by atoms with van der Waals surface area (Å²) in [5.41, 5.74) is 1.46. The number of carbonyl (C=O) groups is 2. The van der Waals surface area contributed by atoms with Gasteiger partial charge in [-0.15, -0.1) is 0 Å². The third-order valence-corrected chi connectivity index (χ3v) is 5.81. The monoisotopic (exact) mass is 450 g/mol. The number of carbonyl (C=O) groups excluding carboxylic acids is 2. The van der Waals surface area contributed by atoms with Crippen molar-refractivity contribution < 1.29 is 29.3 Å². The van der Waals surface area contributed by atoms with E-state index in [-0.39, 0.29) is 24.8 Å². The summed E-state index contributed by atoms with van der Waals surface area (Å²) in [4.78, 5) is 28.7. The molecular weight excluding hydrogens is 416 g/mol. The van der Waals surface area contributed by atoms with Crippen LogP contribution in [-0.2, 0) is 14.3 Å². The van der Waals surface area contributed by atoms with Crippen molar-refractivity contribution >= 4 is 17.5 Å². The van der Waals surface area contributed by atoms with Crippen molar-refractivity contribution in [3.8, 4) is 0 Å². The number of aliphatic hydroxyl groups is 2. The lowest BCUT2D eigenvalue weighted by molar-refractivity contribution is -0.125. The zero-order chi connectivity index (χ0) is 23.1. The van der Waals surface area contributed by atoms with Gasteiger partial charge in [0.05, 0.1) is 25.7 Å². The minimum atomic E-state index is -1.19. The Morgan fingerprint density at radius 1 is 1.06 bits per heavy atom. The van der Waals surface area contributed by atoms with Crippen molar-refractivity contribution in [2.75, 3.05) is 64.9 Å². The third-order valence-electron chi connectivity index (χ3n) is 5.81. The van der Waals surface area contributed by atoms with Gasteiger partial charge in [0.1, 0.15) is 18.3 Å². The number of nitrogens with one attached hydrogen (secondary N) is 2. The SMILES string of the molecule is CN(C)c1ccc(C(=O)NCC2OC(CC(=O)NCCN3CCOCC3)C(O)C2O)cc1. The van der Waals surface area contributed by atoms with Gasteiger partial charge in [0.25, 0.3) is 5.91 Å². The minimum absolute atomic E-state index is 0.0294. The van der Waals surface area contributed by atoms with Crippen LogP contribution >= 0.6 is 0 Å². The van der Waals surface area contributed by atoms with Gasteiger partial charge in [-0.25, -0.2) is 0 Å². The van der Waals surface area contributed by atoms with Crippen molar-refractivity contribution in [2.45, 2.75) is 30.8 Å². The van der Waals surface area contributed by atoms with E-state index in [9.17, 15) is 19.8 Å². The first-order valence-corrected chi connectivity index (χ1v) is 11.0. The van der Waals surface area contributed by atoms with Gasteiger partial charge in [-0.2, -0.15) is 0 Å². The second-order valence-corrected chi connectivity index (χ2v) is 8.35. The van der Waals surface area contributed by atoms with E-state index in [1.54, 1.807) is 12.1 Å². The van der Waals surface area contributed by atoms with Gasteiger partial charge in [-0.1, -0.05) is 0 Å². The molecule has 4 unspecified atom stereocenters. The van der Waals surface area contributed by atoms with Crippen LogP contribution in [0.5, 0.6) is 0 Å². The molecule has 178 valence electrons. The molecule has 2 aliphatic heterocycles. The predicted octanol–water partition coefficient (Wildman–Crippen LogP) is -1.19. The summed E-state index contributed by atoms with van der Waals surface area (Å²) < 4.78 is 11.0. The second-order valence-electron chi connectivity index (χ2n) is 8.35. The Kier molecular flexibility index (Phi) is 8.83. The fourth-order valence-corrected chi connectivity index (χ4v) is 3.80. The molecule has 0 radical (unpaired) electrons. The summed E-state index contributed by atoms with van der Waals surface area (Å²) in [6, 6.07) is 7.12. The lowest BCUT2D eigenvalue weighted by atomic mass is 10.1. The molecule has 4 N–H and O–H groups in total. The predicted molar refractivity (Wildman–Crippen MR) is 119 cm³/mol. The Labute approximate surface area is 188 Å². The largest absolute Gasteiger partial charge is 0.388 e. The summed E-state index contributed by atoms with van der Waals surface area (Å²) in [5.74, 6) is -0.551. The normalized spacial score (nSPS) is 26.0. The molecule has 4 atom stereocenters. The maximum Gasteiger partial charge on any atom is 0.251 e. The Balaban J connectivity index is 1.40. The minimum Gasteiger partial charge on any atom is -0.388 e. The highest BCUT2D eigenvalue weighted by atomic mass is 16.5. The Bertz CT molecular complexity index is 753. The number of amides is 2. The highest BCUT2D eigenvalue weighted by Gasteiger charge is 2.43. The van der Waals surface area contributed by atoms with Crippen LogP contribution in [0, 0.1) is 0 Å². The number of hydrogen-bond acceptors (Lipinski definition) is 8. The van der Waals surface area contributed by atoms with E-state index in [0.717, 1.165) is 25.3 Å². The van der Waals surface area contributed by atoms with Gasteiger partial charge in [-0.3, -0.25) is 14.5 Å². The fourth-order valence-electron chi connectivity index (χ4n) is 3.80. The molecule has 0 aromatic heterocycles. The van der Waals surface area contributed by atoms with Crippen LogP contribution in [0.1, 0.15) is 16.8 Å². The quantitative estimate of drug-likeness (QED) is 0.370. The average molecular weight is 451 g/mol. The van der Waals surface area contributed by atoms with Crippen LogP contribution in [0.3, 0.4) is 0 Å². The highest BCUT2D eigenvalue weighted by Crippen LogP contribution is 2.23. The van der Waals surface area contributed by atoms with E-state index in [1.807, 2.05) is 31.1 Å². The molecule has 0 bridgehead atoms. The number of hydrogen-bond donors (Lipinski definition) is 4. The summed E-state index contributed by atoms with van der Waals surface area (Å²) in [5, 5.41) is 26.1. The molecule has 0 saturated carbocycles. The average Bonchev–Trinajstić information content (AvgIpc) is 3.06. The number of benzene rings is 1. The van der Waals surface area contributed by atoms with Crippen LogP contribution in [0.2, 0.25) is 0 Å². The van der Waals surface area contributed by atoms with Crippen molar-refractivity contribution in [2.24, 2.45) is 0 Å². The molecule has 1 aromatic rings. The van der Waals surface area contributed by atoms with Crippen LogP contribution in [0.15, 0.2) is 24.3 Å². The van der Waals surface area contributed by atoms with Gasteiger partial charge >= 0.3 is 0 Å². The van der Waals surface area contributed by atoms with E-state index in [2.05, 4.69) is 15.5 Å². The number of morpholine rings is 1. The smallest absolute Gasteiger partial charge is 0.251 e. The molecule has 2 heterocycles. The summed E-state index contributed by atoms with van der Waals surface area (Å²) in [6.07, 6.45) is -4.05. The van der Waals surface area contributed by atoms with Crippen LogP contribution in [0.4, 0.5) is 5.69 Å². The van der Waals surface area contributed by atoms with Crippen LogP contribution in [-0.4, -0.2) is 111 Å². The van der Waals surface area contributed by atoms with Crippen molar-refractivity contribution in [3.05, 3.63) is 29.8 Å². The molecule has 2 amide bonds. The van der Waals surface area contributed by atoms with Gasteiger partial charge in [0.15, 0.2) is 0 Å². The van der Waals surface area contributed by atoms with E-state index in [4.69, 9.17) is 9.47 Å². The zero-order valence-corrected chi connectivity index (χ0v) is 18.7. The van der Waals surface area contributed by atoms with Crippen LogP contribution < -0.4 is 15.5 Å². The van der Waals surface area contributed by atoms with E-state index >= 15 is 0 Å². The molecule has 32 heavy (non-hydrogen) atoms. The van der Waals surface area contributed by atoms with Crippen LogP contribution in [0.25, 0.3) is 0 Å². The first-order valence-electron chi connectivity index (χ1n) is 11.0. The van der Waals surface area contributed by atoms with Gasteiger partial charge in [0, 0.05) is 58.1 Å². The summed E-state index contributed by atoms with van der Waals surface area (Å²) in [7, 11) is 3.83. The second kappa shape index (κ2) is 11.6. The Morgan fingerprint density at radius 2 is 1.72 bits per heavy atom. The molecular formula is C22H34N4O6. The van der Waals surface area contributed by atoms with Gasteiger partial charge in [0.2, 0.25) is 5.91 Å². The third kappa shape index (κ3) is 6.63. The molecule has 0 spiro atoms. The van der Waals surface area contributed by atoms with Crippen molar-refractivity contribution in [1.82, 2.24) is 15.5 Å². The molecule has 3 rings (SSSR count). The number of ether oxygens (including phenoxy) is 2. The lowest BCUT2D eigenvalue weighted by Crippen LogP contribution is -2.42. The van der Waals surface area contributed by atoms with E-state index < -0.39 is 24.4 Å². The highest BCUT2D eigenvalue weighted by molar-refractivity contribution is 5.94. The van der Waals surface area contributed by atoms with E-state index in [0.29, 0.717) is 25.3 Å². The fraction of sp³-hybridized carbons (Fsp3) is 0.636. The number of nitrogens with zero attached hydrogens (tertiary/aromatic N) is 2. The number of rotatable bonds is 9. The maximum absolute atomic E-state index is 12.4. The molecule has 1 aromatic carbocycles. The first kappa shape index (κ1) is 24.4. The lowest BCUT2D eigenvalue weighted by Gasteiger charge is -2.26. The Morgan fingerprint density at radius 3 is 2.38 bits per heavy atom. The van der Waals surface area contributed by atoms with E-state index in [1.165, 1.54) is 0 Å². The molecule has 10 nitrogen and oxygen atoms in total. The topological polar surface area (TPSA) is 124 Å². The van der Waals surface area contributed by atoms with Gasteiger partial charge < -0.3 is 35.2 Å². The van der Waals surface area contributed by atoms with Crippen molar-refractivity contribution in [1.29, 1.82) is 0 Å². The molecule has 2 fully saturated rings. The zero-order valence-electron chi connectivity index (χ0n) is 18.7. The van der Waals surface area contributed by atoms with Crippen molar-refractivity contribution in [3.63, 3.8) is 0 Å². The Hall–Kier alpha value is -2.24. The molecule has 10 heteroatoms. The number of aliphatic hydroxyl groups excluding tert-OH is 2. The summed E-state index contributed by atoms with van der Waals surface area (Å²) in [6.45, 7) is 4.36. The van der Waals surface area contributed by atoms with Gasteiger partial charge in [-0.05, 0) is 24.3 Å². The summed E-state index contributed by atoms with van der Waals surface area (Å²) >= 11 is 0. The molecule has 2 saturated heterocycles. The first-order chi connectivity index (χ1) is 15.3. The maximum atomic E-state index is 12.4. The molecule has 2 aliphatic rings.